The van der Waals surface area contributed by atoms with Crippen molar-refractivity contribution in [3.8, 4) is 11.1 Å². The number of carbonyl (C=O) groups is 1. The van der Waals surface area contributed by atoms with Gasteiger partial charge >= 0.3 is 5.97 Å². The van der Waals surface area contributed by atoms with Crippen molar-refractivity contribution in [2.24, 2.45) is 0 Å². The molecule has 34 heavy (non-hydrogen) atoms. The molecule has 7 nitrogen and oxygen atoms in total. The molecule has 0 aliphatic heterocycles. The number of nitrogens with one attached hydrogen (secondary N) is 1. The molecule has 1 unspecified atom stereocenters. The summed E-state index contributed by atoms with van der Waals surface area (Å²) < 4.78 is 58.7. The molecule has 10 heteroatoms. The summed E-state index contributed by atoms with van der Waals surface area (Å²) in [5.41, 5.74) is 2.35. The zero-order valence-electron chi connectivity index (χ0n) is 18.3. The minimum atomic E-state index is -4.10. The largest absolute Gasteiger partial charge is 0.468 e. The average molecular weight is 566 g/mol. The number of hydrogen-bond donors (Lipinski definition) is 1. The second-order valence-electron chi connectivity index (χ2n) is 7.59. The van der Waals surface area contributed by atoms with E-state index in [1.165, 1.54) is 12.1 Å². The van der Waals surface area contributed by atoms with E-state index in [0.717, 1.165) is 22.7 Å². The molecule has 0 spiro atoms. The van der Waals surface area contributed by atoms with E-state index in [2.05, 4.69) is 20.7 Å². The molecular formula is C24H24BrNO6S2. The number of esters is 1. The summed E-state index contributed by atoms with van der Waals surface area (Å²) in [6.45, 7) is 0. The van der Waals surface area contributed by atoms with Crippen LogP contribution in [0.2, 0.25) is 0 Å². The highest BCUT2D eigenvalue weighted by atomic mass is 79.9. The van der Waals surface area contributed by atoms with Crippen molar-refractivity contribution in [1.82, 2.24) is 4.72 Å². The van der Waals surface area contributed by atoms with Gasteiger partial charge in [0.25, 0.3) is 0 Å². The summed E-state index contributed by atoms with van der Waals surface area (Å²) in [4.78, 5) is 12.2. The zero-order chi connectivity index (χ0) is 24.8. The Morgan fingerprint density at radius 1 is 0.882 bits per heavy atom. The van der Waals surface area contributed by atoms with Crippen LogP contribution in [0.4, 0.5) is 0 Å². The predicted octanol–water partition coefficient (Wildman–Crippen LogP) is 3.94. The van der Waals surface area contributed by atoms with Gasteiger partial charge in [-0.15, -0.1) is 0 Å². The van der Waals surface area contributed by atoms with Gasteiger partial charge in [0.05, 0.1) is 23.5 Å². The van der Waals surface area contributed by atoms with Gasteiger partial charge < -0.3 is 4.74 Å². The number of sulfone groups is 1. The van der Waals surface area contributed by atoms with Gasteiger partial charge in [0.1, 0.15) is 6.04 Å². The Hall–Kier alpha value is -2.53. The molecule has 0 heterocycles. The van der Waals surface area contributed by atoms with Crippen LogP contribution < -0.4 is 4.72 Å². The SMILES string of the molecule is COC(=O)C(CCS(=O)(=O)Cc1ccccc1)NS(=O)(=O)c1ccc(-c2ccc(Br)cc2)cc1. The lowest BCUT2D eigenvalue weighted by molar-refractivity contribution is -0.142. The highest BCUT2D eigenvalue weighted by Gasteiger charge is 2.28. The van der Waals surface area contributed by atoms with Crippen LogP contribution in [-0.2, 0) is 35.1 Å². The number of hydrogen-bond acceptors (Lipinski definition) is 6. The summed E-state index contributed by atoms with van der Waals surface area (Å²) >= 11 is 3.37. The van der Waals surface area contributed by atoms with Crippen LogP contribution in [0.3, 0.4) is 0 Å². The fraction of sp³-hybridized carbons (Fsp3) is 0.208. The van der Waals surface area contributed by atoms with E-state index in [4.69, 9.17) is 4.74 Å². The lowest BCUT2D eigenvalue weighted by Crippen LogP contribution is -2.42. The van der Waals surface area contributed by atoms with E-state index in [1.807, 2.05) is 24.3 Å². The monoisotopic (exact) mass is 565 g/mol. The lowest BCUT2D eigenvalue weighted by atomic mass is 10.1. The number of rotatable bonds is 10. The highest BCUT2D eigenvalue weighted by Crippen LogP contribution is 2.23. The Bertz CT molecular complexity index is 1320. The summed E-state index contributed by atoms with van der Waals surface area (Å²) in [5, 5.41) is 0. The summed E-state index contributed by atoms with van der Waals surface area (Å²) in [6.07, 6.45) is -0.252. The fourth-order valence-electron chi connectivity index (χ4n) is 3.29. The number of benzene rings is 3. The number of carbonyl (C=O) groups excluding carboxylic acids is 1. The molecule has 180 valence electrons. The third-order valence-corrected chi connectivity index (χ3v) is 8.72. The van der Waals surface area contributed by atoms with Crippen LogP contribution in [-0.4, -0.2) is 41.7 Å². The highest BCUT2D eigenvalue weighted by molar-refractivity contribution is 9.10. The minimum absolute atomic E-state index is 0.0468. The van der Waals surface area contributed by atoms with Gasteiger partial charge in [0.2, 0.25) is 10.0 Å². The quantitative estimate of drug-likeness (QED) is 0.373. The first-order valence-corrected chi connectivity index (χ1v) is 14.4. The number of methoxy groups -OCH3 is 1. The van der Waals surface area contributed by atoms with Gasteiger partial charge in [0, 0.05) is 4.47 Å². The third-order valence-electron chi connectivity index (χ3n) is 5.07. The molecule has 0 saturated heterocycles. The Morgan fingerprint density at radius 2 is 1.44 bits per heavy atom. The van der Waals surface area contributed by atoms with Crippen molar-refractivity contribution in [3.63, 3.8) is 0 Å². The Kier molecular flexibility index (Phi) is 8.64. The number of ether oxygens (including phenoxy) is 1. The van der Waals surface area contributed by atoms with Crippen LogP contribution in [0, 0.1) is 0 Å². The second kappa shape index (κ2) is 11.3. The van der Waals surface area contributed by atoms with Crippen LogP contribution in [0.5, 0.6) is 0 Å². The molecule has 1 N–H and O–H groups in total. The third kappa shape index (κ3) is 7.23. The topological polar surface area (TPSA) is 107 Å². The molecule has 0 amide bonds. The molecule has 0 aromatic heterocycles. The Morgan fingerprint density at radius 3 is 2.00 bits per heavy atom. The van der Waals surface area contributed by atoms with Crippen molar-refractivity contribution in [2.45, 2.75) is 23.1 Å². The standard InChI is InChI=1S/C24H24BrNO6S2/c1-32-24(27)23(15-16-33(28,29)17-18-5-3-2-4-6-18)26-34(30,31)22-13-9-20(10-14-22)19-7-11-21(25)12-8-19/h2-14,23,26H,15-17H2,1H3. The second-order valence-corrected chi connectivity index (χ2v) is 12.4. The van der Waals surface area contributed by atoms with Gasteiger partial charge in [-0.1, -0.05) is 70.5 Å². The molecule has 0 bridgehead atoms. The smallest absolute Gasteiger partial charge is 0.323 e. The molecule has 0 aliphatic rings. The molecule has 1 atom stereocenters. The lowest BCUT2D eigenvalue weighted by Gasteiger charge is -2.17. The van der Waals surface area contributed by atoms with Crippen molar-refractivity contribution >= 4 is 41.8 Å². The van der Waals surface area contributed by atoms with Gasteiger partial charge in [-0.25, -0.2) is 16.8 Å². The van der Waals surface area contributed by atoms with Crippen LogP contribution in [0.15, 0.2) is 88.2 Å². The van der Waals surface area contributed by atoms with Crippen molar-refractivity contribution < 1.29 is 26.4 Å². The van der Waals surface area contributed by atoms with Gasteiger partial charge in [-0.2, -0.15) is 4.72 Å². The molecule has 0 saturated carbocycles. The maximum atomic E-state index is 12.9. The maximum absolute atomic E-state index is 12.9. The molecule has 0 radical (unpaired) electrons. The molecule has 3 rings (SSSR count). The van der Waals surface area contributed by atoms with Gasteiger partial charge in [-0.05, 0) is 47.4 Å². The summed E-state index contributed by atoms with van der Waals surface area (Å²) in [7, 11) is -6.56. The maximum Gasteiger partial charge on any atom is 0.323 e. The zero-order valence-corrected chi connectivity index (χ0v) is 21.6. The number of sulfonamides is 1. The van der Waals surface area contributed by atoms with E-state index in [1.54, 1.807) is 42.5 Å². The predicted molar refractivity (Wildman–Crippen MR) is 134 cm³/mol. The van der Waals surface area contributed by atoms with E-state index in [9.17, 15) is 21.6 Å². The van der Waals surface area contributed by atoms with E-state index >= 15 is 0 Å². The van der Waals surface area contributed by atoms with E-state index in [-0.39, 0.29) is 22.8 Å². The molecule has 0 fully saturated rings. The molecule has 3 aromatic carbocycles. The molecule has 3 aromatic rings. The van der Waals surface area contributed by atoms with Crippen molar-refractivity contribution in [3.05, 3.63) is 88.9 Å². The van der Waals surface area contributed by atoms with Crippen molar-refractivity contribution in [2.75, 3.05) is 12.9 Å². The number of halogens is 1. The van der Waals surface area contributed by atoms with Crippen molar-refractivity contribution in [1.29, 1.82) is 0 Å². The van der Waals surface area contributed by atoms with Crippen LogP contribution in [0.1, 0.15) is 12.0 Å². The van der Waals surface area contributed by atoms with Gasteiger partial charge in [-0.3, -0.25) is 4.79 Å². The van der Waals surface area contributed by atoms with E-state index in [0.29, 0.717) is 5.56 Å². The average Bonchev–Trinajstić information content (AvgIpc) is 2.82. The summed E-state index contributed by atoms with van der Waals surface area (Å²) in [5.74, 6) is -1.44. The first-order valence-electron chi connectivity index (χ1n) is 10.3. The first-order chi connectivity index (χ1) is 16.1. The van der Waals surface area contributed by atoms with Crippen LogP contribution >= 0.6 is 15.9 Å². The molecular weight excluding hydrogens is 542 g/mol. The first kappa shape index (κ1) is 26.1. The fourth-order valence-corrected chi connectivity index (χ4v) is 6.21. The van der Waals surface area contributed by atoms with Crippen LogP contribution in [0.25, 0.3) is 11.1 Å². The Labute approximate surface area is 208 Å². The normalized spacial score (nSPS) is 12.8. The minimum Gasteiger partial charge on any atom is -0.468 e. The van der Waals surface area contributed by atoms with E-state index < -0.39 is 31.9 Å². The van der Waals surface area contributed by atoms with Gasteiger partial charge in [0.15, 0.2) is 9.84 Å². The Balaban J connectivity index is 1.72. The summed E-state index contributed by atoms with van der Waals surface area (Å²) in [6, 6.07) is 21.0. The molecule has 0 aliphatic carbocycles.